The van der Waals surface area contributed by atoms with Gasteiger partial charge in [-0.3, -0.25) is 0 Å². The van der Waals surface area contributed by atoms with Crippen LogP contribution < -0.4 is 0 Å². The second-order valence-electron chi connectivity index (χ2n) is 7.00. The van der Waals surface area contributed by atoms with E-state index in [4.69, 9.17) is 9.15 Å². The summed E-state index contributed by atoms with van der Waals surface area (Å²) in [5, 5.41) is 0. The summed E-state index contributed by atoms with van der Waals surface area (Å²) in [4.78, 5) is 4.30. The smallest absolute Gasteiger partial charge is 0.282 e. The Morgan fingerprint density at radius 3 is 2.71 bits per heavy atom. The molecule has 1 aromatic carbocycles. The van der Waals surface area contributed by atoms with Crippen LogP contribution in [0.4, 0.5) is 8.78 Å². The van der Waals surface area contributed by atoms with Crippen LogP contribution >= 0.6 is 0 Å². The van der Waals surface area contributed by atoms with E-state index in [1.165, 1.54) is 8.61 Å². The average molecular weight is 413 g/mol. The average Bonchev–Trinajstić information content (AvgIpc) is 3.27. The molecule has 152 valence electrons. The highest BCUT2D eigenvalue weighted by atomic mass is 32.2. The zero-order valence-corrected chi connectivity index (χ0v) is 16.2. The molecule has 0 amide bonds. The van der Waals surface area contributed by atoms with Gasteiger partial charge in [0.1, 0.15) is 17.4 Å². The van der Waals surface area contributed by atoms with Crippen LogP contribution in [0.2, 0.25) is 0 Å². The predicted octanol–water partition coefficient (Wildman–Crippen LogP) is 2.33. The van der Waals surface area contributed by atoms with Crippen molar-refractivity contribution in [2.45, 2.75) is 31.8 Å². The Bertz CT molecular complexity index is 959. The number of benzene rings is 1. The van der Waals surface area contributed by atoms with Crippen LogP contribution in [0, 0.1) is 11.6 Å². The van der Waals surface area contributed by atoms with E-state index in [2.05, 4.69) is 4.98 Å². The van der Waals surface area contributed by atoms with E-state index in [1.54, 1.807) is 7.11 Å². The van der Waals surface area contributed by atoms with Crippen molar-refractivity contribution in [2.24, 2.45) is 0 Å². The molecule has 0 aliphatic carbocycles. The molecule has 3 heterocycles. The molecule has 1 aromatic heterocycles. The second-order valence-corrected chi connectivity index (χ2v) is 8.88. The van der Waals surface area contributed by atoms with Gasteiger partial charge in [0.2, 0.25) is 5.89 Å². The molecule has 0 radical (unpaired) electrons. The Hall–Kier alpha value is -1.88. The Morgan fingerprint density at radius 2 is 2.00 bits per heavy atom. The number of fused-ring (bicyclic) bond motifs is 1. The summed E-state index contributed by atoms with van der Waals surface area (Å²) in [5.41, 5.74) is 0.651. The van der Waals surface area contributed by atoms with Gasteiger partial charge >= 0.3 is 0 Å². The first-order valence-electron chi connectivity index (χ1n) is 9.09. The molecule has 1 saturated heterocycles. The Balaban J connectivity index is 1.57. The molecule has 2 aromatic rings. The Labute approximate surface area is 162 Å². The number of aromatic nitrogens is 1. The second kappa shape index (κ2) is 7.51. The number of oxazole rings is 1. The van der Waals surface area contributed by atoms with Crippen molar-refractivity contribution in [3.63, 3.8) is 0 Å². The van der Waals surface area contributed by atoms with Crippen molar-refractivity contribution in [3.05, 3.63) is 41.3 Å². The number of hydrogen-bond donors (Lipinski definition) is 0. The van der Waals surface area contributed by atoms with Gasteiger partial charge < -0.3 is 9.15 Å². The standard InChI is InChI=1S/C18H21F2N3O4S/c1-26-11-15-3-2-5-23(15)28(24,25)22-6-4-17-16(10-22)21-18(27-17)12-7-13(19)9-14(20)8-12/h7-9,15H,2-6,10-11H2,1H3. The largest absolute Gasteiger partial charge is 0.441 e. The lowest BCUT2D eigenvalue weighted by Gasteiger charge is -2.32. The molecule has 2 aliphatic heterocycles. The molecular weight excluding hydrogens is 392 g/mol. The van der Waals surface area contributed by atoms with Crippen molar-refractivity contribution in [1.29, 1.82) is 0 Å². The maximum absolute atomic E-state index is 13.5. The molecule has 0 bridgehead atoms. The summed E-state index contributed by atoms with van der Waals surface area (Å²) in [6.07, 6.45) is 1.92. The third kappa shape index (κ3) is 3.57. The molecule has 0 N–H and O–H groups in total. The third-order valence-corrected chi connectivity index (χ3v) is 7.14. The van der Waals surface area contributed by atoms with Crippen LogP contribution in [0.5, 0.6) is 0 Å². The van der Waals surface area contributed by atoms with Gasteiger partial charge in [0.05, 0.1) is 18.8 Å². The van der Waals surface area contributed by atoms with Gasteiger partial charge in [-0.05, 0) is 25.0 Å². The van der Waals surface area contributed by atoms with Crippen molar-refractivity contribution >= 4 is 10.2 Å². The van der Waals surface area contributed by atoms with Gasteiger partial charge in [0.15, 0.2) is 0 Å². The van der Waals surface area contributed by atoms with Gasteiger partial charge in [0, 0.05) is 44.3 Å². The number of ether oxygens (including phenoxy) is 1. The molecule has 2 aliphatic rings. The quantitative estimate of drug-likeness (QED) is 0.752. The first kappa shape index (κ1) is 19.4. The Kier molecular flexibility index (Phi) is 5.21. The minimum atomic E-state index is -3.66. The summed E-state index contributed by atoms with van der Waals surface area (Å²) in [6, 6.07) is 2.87. The van der Waals surface area contributed by atoms with Crippen LogP contribution in [0.3, 0.4) is 0 Å². The first-order chi connectivity index (χ1) is 13.4. The summed E-state index contributed by atoms with van der Waals surface area (Å²) in [7, 11) is -2.10. The number of rotatable bonds is 5. The topological polar surface area (TPSA) is 75.9 Å². The lowest BCUT2D eigenvalue weighted by Crippen LogP contribution is -2.48. The minimum absolute atomic E-state index is 0.0646. The summed E-state index contributed by atoms with van der Waals surface area (Å²) < 4.78 is 66.8. The summed E-state index contributed by atoms with van der Waals surface area (Å²) in [5.74, 6) is -0.829. The van der Waals surface area contributed by atoms with Gasteiger partial charge in [-0.25, -0.2) is 13.8 Å². The number of nitrogens with zero attached hydrogens (tertiary/aromatic N) is 3. The molecule has 1 unspecified atom stereocenters. The van der Waals surface area contributed by atoms with E-state index in [1.807, 2.05) is 0 Å². The van der Waals surface area contributed by atoms with Crippen LogP contribution in [0.1, 0.15) is 24.3 Å². The van der Waals surface area contributed by atoms with Crippen LogP contribution in [0.25, 0.3) is 11.5 Å². The van der Waals surface area contributed by atoms with Crippen molar-refractivity contribution < 1.29 is 26.4 Å². The minimum Gasteiger partial charge on any atom is -0.441 e. The predicted molar refractivity (Wildman–Crippen MR) is 96.5 cm³/mol. The van der Waals surface area contributed by atoms with E-state index in [0.29, 0.717) is 31.0 Å². The van der Waals surface area contributed by atoms with Crippen molar-refractivity contribution in [1.82, 2.24) is 13.6 Å². The third-order valence-electron chi connectivity index (χ3n) is 5.11. The first-order valence-corrected chi connectivity index (χ1v) is 10.5. The van der Waals surface area contributed by atoms with E-state index >= 15 is 0 Å². The molecule has 0 saturated carbocycles. The number of hydrogen-bond acceptors (Lipinski definition) is 5. The zero-order chi connectivity index (χ0) is 19.9. The van der Waals surface area contributed by atoms with Gasteiger partial charge in [-0.15, -0.1) is 0 Å². The fourth-order valence-electron chi connectivity index (χ4n) is 3.79. The molecule has 0 spiro atoms. The number of methoxy groups -OCH3 is 1. The SMILES string of the molecule is COCC1CCCN1S(=O)(=O)N1CCc2oc(-c3cc(F)cc(F)c3)nc2C1. The van der Waals surface area contributed by atoms with Crippen molar-refractivity contribution in [3.8, 4) is 11.5 Å². The maximum atomic E-state index is 13.5. The fourth-order valence-corrected chi connectivity index (χ4v) is 5.60. The van der Waals surface area contributed by atoms with Crippen LogP contribution in [-0.4, -0.2) is 54.9 Å². The molecular formula is C18H21F2N3O4S. The molecule has 1 atom stereocenters. The Morgan fingerprint density at radius 1 is 1.25 bits per heavy atom. The molecule has 28 heavy (non-hydrogen) atoms. The normalized spacial score (nSPS) is 21.2. The highest BCUT2D eigenvalue weighted by Gasteiger charge is 2.40. The maximum Gasteiger partial charge on any atom is 0.282 e. The summed E-state index contributed by atoms with van der Waals surface area (Å²) >= 11 is 0. The fraction of sp³-hybridized carbons (Fsp3) is 0.500. The van der Waals surface area contributed by atoms with Gasteiger partial charge in [0.25, 0.3) is 10.2 Å². The highest BCUT2D eigenvalue weighted by molar-refractivity contribution is 7.86. The molecule has 4 rings (SSSR count). The lowest BCUT2D eigenvalue weighted by molar-refractivity contribution is 0.145. The molecule has 1 fully saturated rings. The molecule has 7 nitrogen and oxygen atoms in total. The van der Waals surface area contributed by atoms with Crippen LogP contribution in [0.15, 0.2) is 22.6 Å². The summed E-state index contributed by atoms with van der Waals surface area (Å²) in [6.45, 7) is 1.15. The van der Waals surface area contributed by atoms with E-state index < -0.39 is 21.8 Å². The number of halogens is 2. The lowest BCUT2D eigenvalue weighted by atomic mass is 10.2. The van der Waals surface area contributed by atoms with Gasteiger partial charge in [-0.2, -0.15) is 17.0 Å². The van der Waals surface area contributed by atoms with E-state index in [0.717, 1.165) is 31.0 Å². The van der Waals surface area contributed by atoms with Crippen LogP contribution in [-0.2, 0) is 27.9 Å². The van der Waals surface area contributed by atoms with Gasteiger partial charge in [-0.1, -0.05) is 0 Å². The zero-order valence-electron chi connectivity index (χ0n) is 15.4. The van der Waals surface area contributed by atoms with E-state index in [9.17, 15) is 17.2 Å². The monoisotopic (exact) mass is 413 g/mol. The van der Waals surface area contributed by atoms with Crippen molar-refractivity contribution in [2.75, 3.05) is 26.8 Å². The molecule has 10 heteroatoms. The highest BCUT2D eigenvalue weighted by Crippen LogP contribution is 2.30. The van der Waals surface area contributed by atoms with E-state index in [-0.39, 0.29) is 30.6 Å².